The van der Waals surface area contributed by atoms with Crippen LogP contribution in [0.15, 0.2) is 83.8 Å². The molecule has 1 amide bonds. The van der Waals surface area contributed by atoms with Crippen LogP contribution in [-0.2, 0) is 21.2 Å². The van der Waals surface area contributed by atoms with E-state index < -0.39 is 21.7 Å². The molecule has 1 aliphatic carbocycles. The predicted molar refractivity (Wildman–Crippen MR) is 118 cm³/mol. The lowest BCUT2D eigenvalue weighted by Gasteiger charge is -2.28. The summed E-state index contributed by atoms with van der Waals surface area (Å²) in [5.74, 6) is -0.921. The quantitative estimate of drug-likeness (QED) is 0.627. The average Bonchev–Trinajstić information content (AvgIpc) is 2.78. The highest BCUT2D eigenvalue weighted by Crippen LogP contribution is 2.30. The predicted octanol–water partition coefficient (Wildman–Crippen LogP) is 4.21. The van der Waals surface area contributed by atoms with Crippen molar-refractivity contribution >= 4 is 21.6 Å². The molecule has 3 aromatic carbocycles. The molecule has 0 bridgehead atoms. The highest BCUT2D eigenvalue weighted by atomic mass is 32.2. The first-order valence-corrected chi connectivity index (χ1v) is 11.6. The number of rotatable bonds is 6. The van der Waals surface area contributed by atoms with Crippen molar-refractivity contribution in [2.75, 3.05) is 10.8 Å². The third-order valence-electron chi connectivity index (χ3n) is 5.44. The Bertz CT molecular complexity index is 1160. The van der Waals surface area contributed by atoms with E-state index in [0.717, 1.165) is 41.3 Å². The number of aryl methyl sites for hydroxylation is 1. The van der Waals surface area contributed by atoms with E-state index in [2.05, 4.69) is 11.4 Å². The Hall–Kier alpha value is -3.19. The molecule has 0 radical (unpaired) electrons. The zero-order valence-corrected chi connectivity index (χ0v) is 17.7. The summed E-state index contributed by atoms with van der Waals surface area (Å²) < 4.78 is 41.0. The molecule has 7 heteroatoms. The molecule has 0 heterocycles. The summed E-state index contributed by atoms with van der Waals surface area (Å²) in [6, 6.07) is 20.9. The van der Waals surface area contributed by atoms with Gasteiger partial charge in [-0.05, 0) is 66.8 Å². The normalized spacial score (nSPS) is 15.7. The minimum absolute atomic E-state index is 0.0754. The summed E-state index contributed by atoms with van der Waals surface area (Å²) in [6.45, 7) is -0.373. The molecule has 0 spiro atoms. The minimum Gasteiger partial charge on any atom is -0.348 e. The minimum atomic E-state index is -4.06. The van der Waals surface area contributed by atoms with E-state index in [1.165, 1.54) is 17.7 Å². The number of carbonyl (C=O) groups excluding carboxylic acids is 1. The van der Waals surface area contributed by atoms with Crippen LogP contribution in [0, 0.1) is 5.82 Å². The molecule has 0 aromatic heterocycles. The van der Waals surface area contributed by atoms with E-state index in [9.17, 15) is 17.6 Å². The largest absolute Gasteiger partial charge is 0.348 e. The number of para-hydroxylation sites is 1. The van der Waals surface area contributed by atoms with Crippen LogP contribution in [0.25, 0.3) is 0 Å². The first kappa shape index (κ1) is 21.1. The van der Waals surface area contributed by atoms with Crippen LogP contribution in [0.2, 0.25) is 0 Å². The third kappa shape index (κ3) is 4.61. The maximum atomic E-state index is 13.3. The van der Waals surface area contributed by atoms with Gasteiger partial charge in [0.25, 0.3) is 10.0 Å². The molecule has 0 aliphatic heterocycles. The molecule has 1 atom stereocenters. The van der Waals surface area contributed by atoms with Gasteiger partial charge in [0.05, 0.1) is 16.6 Å². The molecular weight excluding hydrogens is 415 g/mol. The standard InChI is InChI=1S/C24H23FN2O3S/c25-19-13-15-21(16-14-19)31(29,30)27(20-9-2-1-3-10-20)17-24(28)26-23-12-6-8-18-7-4-5-11-22(18)23/h1-5,7,9-11,13-16,23H,6,8,12,17H2,(H,26,28)/t23-/m0/s1. The van der Waals surface area contributed by atoms with Crippen molar-refractivity contribution < 1.29 is 17.6 Å². The van der Waals surface area contributed by atoms with Crippen LogP contribution >= 0.6 is 0 Å². The van der Waals surface area contributed by atoms with Gasteiger partial charge in [-0.1, -0.05) is 42.5 Å². The van der Waals surface area contributed by atoms with Crippen molar-refractivity contribution in [3.8, 4) is 0 Å². The first-order chi connectivity index (χ1) is 14.9. The van der Waals surface area contributed by atoms with E-state index in [0.29, 0.717) is 5.69 Å². The van der Waals surface area contributed by atoms with Crippen molar-refractivity contribution in [1.29, 1.82) is 0 Å². The Kier molecular flexibility index (Phi) is 6.04. The lowest BCUT2D eigenvalue weighted by atomic mass is 9.88. The summed E-state index contributed by atoms with van der Waals surface area (Å²) in [4.78, 5) is 12.9. The molecule has 0 saturated carbocycles. The molecule has 1 aliphatic rings. The summed E-state index contributed by atoms with van der Waals surface area (Å²) in [5, 5.41) is 3.00. The van der Waals surface area contributed by atoms with E-state index in [1.807, 2.05) is 18.2 Å². The molecule has 31 heavy (non-hydrogen) atoms. The van der Waals surface area contributed by atoms with Gasteiger partial charge in [-0.3, -0.25) is 9.10 Å². The molecule has 1 N–H and O–H groups in total. The number of nitrogens with zero attached hydrogens (tertiary/aromatic N) is 1. The first-order valence-electron chi connectivity index (χ1n) is 10.2. The van der Waals surface area contributed by atoms with Crippen LogP contribution in [0.3, 0.4) is 0 Å². The Morgan fingerprint density at radius 1 is 0.968 bits per heavy atom. The summed E-state index contributed by atoms with van der Waals surface area (Å²) in [7, 11) is -4.06. The van der Waals surface area contributed by atoms with Gasteiger partial charge in [0.1, 0.15) is 12.4 Å². The maximum absolute atomic E-state index is 13.3. The van der Waals surface area contributed by atoms with Crippen molar-refractivity contribution in [2.24, 2.45) is 0 Å². The fourth-order valence-corrected chi connectivity index (χ4v) is 5.34. The second kappa shape index (κ2) is 8.89. The SMILES string of the molecule is O=C(CN(c1ccccc1)S(=O)(=O)c1ccc(F)cc1)N[C@H]1CCCc2ccccc21. The van der Waals surface area contributed by atoms with Crippen LogP contribution in [0.4, 0.5) is 10.1 Å². The number of amides is 1. The van der Waals surface area contributed by atoms with Crippen molar-refractivity contribution in [3.05, 3.63) is 95.8 Å². The van der Waals surface area contributed by atoms with Gasteiger partial charge in [-0.15, -0.1) is 0 Å². The van der Waals surface area contributed by atoms with Gasteiger partial charge in [0.2, 0.25) is 5.91 Å². The molecule has 0 fully saturated rings. The number of anilines is 1. The van der Waals surface area contributed by atoms with Crippen molar-refractivity contribution in [1.82, 2.24) is 5.32 Å². The number of benzene rings is 3. The number of sulfonamides is 1. The van der Waals surface area contributed by atoms with Gasteiger partial charge in [0.15, 0.2) is 0 Å². The van der Waals surface area contributed by atoms with E-state index in [4.69, 9.17) is 0 Å². The highest BCUT2D eigenvalue weighted by Gasteiger charge is 2.29. The summed E-state index contributed by atoms with van der Waals surface area (Å²) >= 11 is 0. The smallest absolute Gasteiger partial charge is 0.264 e. The zero-order valence-electron chi connectivity index (χ0n) is 16.9. The lowest BCUT2D eigenvalue weighted by Crippen LogP contribution is -2.42. The maximum Gasteiger partial charge on any atom is 0.264 e. The number of fused-ring (bicyclic) bond motifs is 1. The van der Waals surface area contributed by atoms with Crippen LogP contribution in [-0.4, -0.2) is 20.9 Å². The van der Waals surface area contributed by atoms with E-state index >= 15 is 0 Å². The zero-order chi connectivity index (χ0) is 21.8. The van der Waals surface area contributed by atoms with Gasteiger partial charge in [0, 0.05) is 0 Å². The van der Waals surface area contributed by atoms with Gasteiger partial charge < -0.3 is 5.32 Å². The topological polar surface area (TPSA) is 66.5 Å². The fraction of sp³-hybridized carbons (Fsp3) is 0.208. The Balaban J connectivity index is 1.60. The van der Waals surface area contributed by atoms with Crippen LogP contribution in [0.1, 0.15) is 30.0 Å². The summed E-state index contributed by atoms with van der Waals surface area (Å²) in [5.41, 5.74) is 2.65. The second-order valence-corrected chi connectivity index (χ2v) is 9.37. The highest BCUT2D eigenvalue weighted by molar-refractivity contribution is 7.92. The van der Waals surface area contributed by atoms with E-state index in [1.54, 1.807) is 30.3 Å². The number of hydrogen-bond donors (Lipinski definition) is 1. The summed E-state index contributed by atoms with van der Waals surface area (Å²) in [6.07, 6.45) is 2.73. The average molecular weight is 439 g/mol. The van der Waals surface area contributed by atoms with Gasteiger partial charge in [-0.25, -0.2) is 12.8 Å². The molecule has 4 rings (SSSR count). The Morgan fingerprint density at radius 3 is 2.39 bits per heavy atom. The molecule has 3 aromatic rings. The number of halogens is 1. The van der Waals surface area contributed by atoms with Crippen LogP contribution in [0.5, 0.6) is 0 Å². The molecule has 5 nitrogen and oxygen atoms in total. The molecular formula is C24H23FN2O3S. The van der Waals surface area contributed by atoms with Crippen molar-refractivity contribution in [3.63, 3.8) is 0 Å². The lowest BCUT2D eigenvalue weighted by molar-refractivity contribution is -0.120. The second-order valence-electron chi connectivity index (χ2n) is 7.51. The molecule has 0 unspecified atom stereocenters. The Labute approximate surface area is 181 Å². The van der Waals surface area contributed by atoms with Crippen LogP contribution < -0.4 is 9.62 Å². The number of hydrogen-bond acceptors (Lipinski definition) is 3. The van der Waals surface area contributed by atoms with Gasteiger partial charge in [-0.2, -0.15) is 0 Å². The van der Waals surface area contributed by atoms with Gasteiger partial charge >= 0.3 is 0 Å². The van der Waals surface area contributed by atoms with Crippen molar-refractivity contribution in [2.45, 2.75) is 30.2 Å². The molecule has 0 saturated heterocycles. The number of nitrogens with one attached hydrogen (secondary N) is 1. The number of carbonyl (C=O) groups is 1. The third-order valence-corrected chi connectivity index (χ3v) is 7.23. The monoisotopic (exact) mass is 438 g/mol. The Morgan fingerprint density at radius 2 is 1.65 bits per heavy atom. The van der Waals surface area contributed by atoms with E-state index in [-0.39, 0.29) is 17.5 Å². The fourth-order valence-electron chi connectivity index (χ4n) is 3.92. The molecule has 160 valence electrons.